The zero-order chi connectivity index (χ0) is 13.2. The van der Waals surface area contributed by atoms with Gasteiger partial charge in [-0.25, -0.2) is 0 Å². The second-order valence-corrected chi connectivity index (χ2v) is 4.91. The quantitative estimate of drug-likeness (QED) is 0.700. The van der Waals surface area contributed by atoms with Crippen molar-refractivity contribution in [1.82, 2.24) is 5.32 Å². The fraction of sp³-hybridized carbons (Fsp3) is 0.625. The maximum Gasteiger partial charge on any atom is 0.0549 e. The second kappa shape index (κ2) is 9.12. The van der Waals surface area contributed by atoms with E-state index in [9.17, 15) is 5.11 Å². The first kappa shape index (κ1) is 15.2. The van der Waals surface area contributed by atoms with E-state index in [2.05, 4.69) is 42.6 Å². The molecule has 0 amide bonds. The highest BCUT2D eigenvalue weighted by molar-refractivity contribution is 5.18. The van der Waals surface area contributed by atoms with Crippen molar-refractivity contribution >= 4 is 0 Å². The van der Waals surface area contributed by atoms with E-state index in [0.29, 0.717) is 6.04 Å². The largest absolute Gasteiger partial charge is 0.393 e. The molecule has 2 unspecified atom stereocenters. The topological polar surface area (TPSA) is 32.3 Å². The van der Waals surface area contributed by atoms with Crippen LogP contribution in [0.25, 0.3) is 0 Å². The van der Waals surface area contributed by atoms with Gasteiger partial charge < -0.3 is 10.4 Å². The minimum absolute atomic E-state index is 0.167. The fourth-order valence-corrected chi connectivity index (χ4v) is 2.11. The molecule has 2 N–H and O–H groups in total. The third kappa shape index (κ3) is 5.65. The van der Waals surface area contributed by atoms with Gasteiger partial charge in [0.15, 0.2) is 0 Å². The number of rotatable bonds is 9. The van der Waals surface area contributed by atoms with Crippen molar-refractivity contribution in [2.45, 2.75) is 58.1 Å². The maximum atomic E-state index is 9.58. The van der Waals surface area contributed by atoms with E-state index in [1.165, 1.54) is 24.8 Å². The molecule has 2 nitrogen and oxygen atoms in total. The second-order valence-electron chi connectivity index (χ2n) is 4.91. The van der Waals surface area contributed by atoms with Crippen molar-refractivity contribution in [2.24, 2.45) is 0 Å². The van der Waals surface area contributed by atoms with E-state index < -0.39 is 0 Å². The minimum Gasteiger partial charge on any atom is -0.393 e. The minimum atomic E-state index is -0.167. The van der Waals surface area contributed by atoms with Gasteiger partial charge in [-0.15, -0.1) is 0 Å². The summed E-state index contributed by atoms with van der Waals surface area (Å²) in [5, 5.41) is 13.2. The maximum absolute atomic E-state index is 9.58. The van der Waals surface area contributed by atoms with Crippen LogP contribution in [0.5, 0.6) is 0 Å². The molecule has 0 aliphatic heterocycles. The van der Waals surface area contributed by atoms with Crippen molar-refractivity contribution in [1.29, 1.82) is 0 Å². The summed E-state index contributed by atoms with van der Waals surface area (Å²) >= 11 is 0. The van der Waals surface area contributed by atoms with Crippen molar-refractivity contribution in [3.8, 4) is 0 Å². The Bertz CT molecular complexity index is 299. The van der Waals surface area contributed by atoms with Gasteiger partial charge in [0.25, 0.3) is 0 Å². The Labute approximate surface area is 111 Å². The van der Waals surface area contributed by atoms with Gasteiger partial charge in [0.05, 0.1) is 6.10 Å². The van der Waals surface area contributed by atoms with E-state index in [-0.39, 0.29) is 6.10 Å². The first-order chi connectivity index (χ1) is 8.77. The highest BCUT2D eigenvalue weighted by atomic mass is 16.3. The number of nitrogens with one attached hydrogen (secondary N) is 1. The zero-order valence-corrected chi connectivity index (χ0v) is 11.7. The Morgan fingerprint density at radius 3 is 2.44 bits per heavy atom. The van der Waals surface area contributed by atoms with Gasteiger partial charge in [0.1, 0.15) is 0 Å². The van der Waals surface area contributed by atoms with E-state index in [4.69, 9.17) is 0 Å². The van der Waals surface area contributed by atoms with E-state index in [1.54, 1.807) is 0 Å². The highest BCUT2D eigenvalue weighted by Gasteiger charge is 2.10. The molecule has 0 bridgehead atoms. The van der Waals surface area contributed by atoms with E-state index >= 15 is 0 Å². The molecular formula is C16H27NO. The van der Waals surface area contributed by atoms with Crippen LogP contribution in [0.1, 0.15) is 57.6 Å². The molecule has 1 aromatic carbocycles. The van der Waals surface area contributed by atoms with Crippen LogP contribution in [0.15, 0.2) is 30.3 Å². The lowest BCUT2D eigenvalue weighted by Gasteiger charge is -2.20. The summed E-state index contributed by atoms with van der Waals surface area (Å²) in [7, 11) is 0. The Morgan fingerprint density at radius 2 is 1.83 bits per heavy atom. The van der Waals surface area contributed by atoms with Crippen LogP contribution in [-0.2, 0) is 0 Å². The van der Waals surface area contributed by atoms with Gasteiger partial charge in [-0.1, -0.05) is 57.0 Å². The molecule has 18 heavy (non-hydrogen) atoms. The average Bonchev–Trinajstić information content (AvgIpc) is 2.43. The smallest absolute Gasteiger partial charge is 0.0549 e. The summed E-state index contributed by atoms with van der Waals surface area (Å²) in [5.41, 5.74) is 1.36. The molecule has 0 spiro atoms. The van der Waals surface area contributed by atoms with E-state index in [1.807, 2.05) is 6.92 Å². The molecular weight excluding hydrogens is 222 g/mol. The van der Waals surface area contributed by atoms with Crippen molar-refractivity contribution in [2.75, 3.05) is 6.54 Å². The molecule has 0 aliphatic rings. The van der Waals surface area contributed by atoms with Crippen LogP contribution in [0.3, 0.4) is 0 Å². The Kier molecular flexibility index (Phi) is 7.70. The summed E-state index contributed by atoms with van der Waals surface area (Å²) < 4.78 is 0. The third-order valence-electron chi connectivity index (χ3n) is 3.39. The summed E-state index contributed by atoms with van der Waals surface area (Å²) in [6, 6.07) is 11.0. The van der Waals surface area contributed by atoms with Gasteiger partial charge >= 0.3 is 0 Å². The number of unbranched alkanes of at least 4 members (excludes halogenated alkanes) is 1. The molecule has 0 saturated heterocycles. The highest BCUT2D eigenvalue weighted by Crippen LogP contribution is 2.19. The number of aliphatic hydroxyl groups is 1. The molecule has 1 aromatic rings. The van der Waals surface area contributed by atoms with Gasteiger partial charge in [-0.05, 0) is 31.4 Å². The lowest BCUT2D eigenvalue weighted by atomic mass is 10.0. The van der Waals surface area contributed by atoms with Crippen LogP contribution >= 0.6 is 0 Å². The lowest BCUT2D eigenvalue weighted by Crippen LogP contribution is -2.25. The Balaban J connectivity index is 2.46. The van der Waals surface area contributed by atoms with E-state index in [0.717, 1.165) is 19.4 Å². The summed E-state index contributed by atoms with van der Waals surface area (Å²) in [6.45, 7) is 5.14. The Morgan fingerprint density at radius 1 is 1.11 bits per heavy atom. The summed E-state index contributed by atoms with van der Waals surface area (Å²) in [6.07, 6.45) is 5.15. The summed E-state index contributed by atoms with van der Waals surface area (Å²) in [5.74, 6) is 0. The molecule has 2 heteroatoms. The first-order valence-electron chi connectivity index (χ1n) is 7.24. The summed E-state index contributed by atoms with van der Waals surface area (Å²) in [4.78, 5) is 0. The van der Waals surface area contributed by atoms with Crippen LogP contribution in [0.2, 0.25) is 0 Å². The monoisotopic (exact) mass is 249 g/mol. The number of hydrogen-bond donors (Lipinski definition) is 2. The molecule has 2 atom stereocenters. The van der Waals surface area contributed by atoms with Crippen LogP contribution < -0.4 is 5.32 Å². The van der Waals surface area contributed by atoms with Crippen LogP contribution in [-0.4, -0.2) is 17.8 Å². The van der Waals surface area contributed by atoms with Gasteiger partial charge in [0.2, 0.25) is 0 Å². The van der Waals surface area contributed by atoms with Crippen molar-refractivity contribution in [3.63, 3.8) is 0 Å². The first-order valence-corrected chi connectivity index (χ1v) is 7.24. The van der Waals surface area contributed by atoms with Crippen LogP contribution in [0.4, 0.5) is 0 Å². The molecule has 1 rings (SSSR count). The van der Waals surface area contributed by atoms with Gasteiger partial charge in [-0.3, -0.25) is 0 Å². The van der Waals surface area contributed by atoms with Gasteiger partial charge in [-0.2, -0.15) is 0 Å². The SMILES string of the molecule is CCCCC(NCCC(O)CC)c1ccccc1. The molecule has 0 radical (unpaired) electrons. The predicted molar refractivity (Wildman–Crippen MR) is 77.6 cm³/mol. The van der Waals surface area contributed by atoms with Gasteiger partial charge in [0, 0.05) is 6.04 Å². The fourth-order valence-electron chi connectivity index (χ4n) is 2.11. The van der Waals surface area contributed by atoms with Crippen molar-refractivity contribution < 1.29 is 5.11 Å². The lowest BCUT2D eigenvalue weighted by molar-refractivity contribution is 0.158. The zero-order valence-electron chi connectivity index (χ0n) is 11.7. The molecule has 0 heterocycles. The molecule has 0 aromatic heterocycles. The molecule has 0 aliphatic carbocycles. The number of aliphatic hydroxyl groups excluding tert-OH is 1. The molecule has 0 fully saturated rings. The number of hydrogen-bond acceptors (Lipinski definition) is 2. The van der Waals surface area contributed by atoms with Crippen LogP contribution in [0, 0.1) is 0 Å². The Hall–Kier alpha value is -0.860. The van der Waals surface area contributed by atoms with Crippen molar-refractivity contribution in [3.05, 3.63) is 35.9 Å². The normalized spacial score (nSPS) is 14.4. The standard InChI is InChI=1S/C16H27NO/c1-3-5-11-16(14-9-7-6-8-10-14)17-13-12-15(18)4-2/h6-10,15-18H,3-5,11-13H2,1-2H3. The molecule has 0 saturated carbocycles. The third-order valence-corrected chi connectivity index (χ3v) is 3.39. The predicted octanol–water partition coefficient (Wildman–Crippen LogP) is 3.67. The average molecular weight is 249 g/mol. The number of benzene rings is 1. The molecule has 102 valence electrons.